The van der Waals surface area contributed by atoms with Crippen molar-refractivity contribution >= 4 is 11.6 Å². The quantitative estimate of drug-likeness (QED) is 0.408. The number of carbonyl (C=O) groups is 1. The molecule has 0 aliphatic heterocycles. The molecule has 1 aromatic heterocycles. The van der Waals surface area contributed by atoms with Crippen molar-refractivity contribution in [3.8, 4) is 16.9 Å². The molecule has 4 heteroatoms. The number of pyridine rings is 1. The summed E-state index contributed by atoms with van der Waals surface area (Å²) < 4.78 is 2.01. The first kappa shape index (κ1) is 22.3. The summed E-state index contributed by atoms with van der Waals surface area (Å²) >= 11 is 0. The van der Waals surface area contributed by atoms with Crippen molar-refractivity contribution in [3.05, 3.63) is 117 Å². The third-order valence-corrected chi connectivity index (χ3v) is 6.01. The molecule has 4 aromatic rings. The molecule has 166 valence electrons. The number of carbonyl (C=O) groups excluding carboxylic acids is 1. The van der Waals surface area contributed by atoms with Gasteiger partial charge in [0.05, 0.1) is 5.69 Å². The van der Waals surface area contributed by atoms with Crippen LogP contribution >= 0.6 is 0 Å². The highest BCUT2D eigenvalue weighted by Gasteiger charge is 2.24. The molecule has 0 spiro atoms. The van der Waals surface area contributed by atoms with Gasteiger partial charge in [-0.15, -0.1) is 0 Å². The van der Waals surface area contributed by atoms with Crippen LogP contribution in [0, 0.1) is 34.6 Å². The first-order chi connectivity index (χ1) is 15.8. The maximum Gasteiger partial charge on any atom is 0.261 e. The highest BCUT2D eigenvalue weighted by molar-refractivity contribution is 6.09. The van der Waals surface area contributed by atoms with Crippen LogP contribution in [0.5, 0.6) is 0 Å². The fraction of sp³-hybridized carbons (Fsp3) is 0.172. The van der Waals surface area contributed by atoms with Crippen molar-refractivity contribution in [1.82, 2.24) is 4.57 Å². The van der Waals surface area contributed by atoms with Gasteiger partial charge in [0.25, 0.3) is 5.91 Å². The molecule has 0 radical (unpaired) electrons. The van der Waals surface area contributed by atoms with Gasteiger partial charge in [0, 0.05) is 28.7 Å². The van der Waals surface area contributed by atoms with E-state index in [1.54, 1.807) is 6.07 Å². The smallest absolute Gasteiger partial charge is 0.261 e. The lowest BCUT2D eigenvalue weighted by Crippen LogP contribution is -2.27. The van der Waals surface area contributed by atoms with E-state index in [1.807, 2.05) is 99.8 Å². The van der Waals surface area contributed by atoms with E-state index in [9.17, 15) is 9.59 Å². The summed E-state index contributed by atoms with van der Waals surface area (Å²) in [5.41, 5.74) is 7.71. The van der Waals surface area contributed by atoms with Crippen molar-refractivity contribution in [2.45, 2.75) is 34.6 Å². The number of hydrogen-bond donors (Lipinski definition) is 1. The number of para-hydroxylation sites is 1. The second-order valence-corrected chi connectivity index (χ2v) is 8.58. The summed E-state index contributed by atoms with van der Waals surface area (Å²) in [7, 11) is 0. The standard InChI is InChI=1S/C29H28N2O2/c1-18-10-8-14-23(16-18)31-22(5)17-25(32)26(28(31)24-15-7-6-11-19(24)2)29(33)30-27-20(3)12-9-13-21(27)4/h6-17H,1-5H3,(H,30,33). The van der Waals surface area contributed by atoms with Crippen LogP contribution in [0.4, 0.5) is 5.69 Å². The first-order valence-corrected chi connectivity index (χ1v) is 11.0. The minimum Gasteiger partial charge on any atom is -0.321 e. The Morgan fingerprint density at radius 1 is 0.758 bits per heavy atom. The first-order valence-electron chi connectivity index (χ1n) is 11.0. The van der Waals surface area contributed by atoms with Crippen molar-refractivity contribution < 1.29 is 4.79 Å². The number of nitrogens with one attached hydrogen (secondary N) is 1. The highest BCUT2D eigenvalue weighted by Crippen LogP contribution is 2.31. The van der Waals surface area contributed by atoms with Gasteiger partial charge in [0.1, 0.15) is 5.56 Å². The zero-order chi connectivity index (χ0) is 23.7. The Balaban J connectivity index is 2.03. The van der Waals surface area contributed by atoms with Gasteiger partial charge in [0.2, 0.25) is 0 Å². The predicted octanol–water partition coefficient (Wildman–Crippen LogP) is 6.30. The fourth-order valence-corrected chi connectivity index (χ4v) is 4.33. The van der Waals surface area contributed by atoms with Crippen LogP contribution in [0.1, 0.15) is 38.3 Å². The Bertz CT molecular complexity index is 1410. The van der Waals surface area contributed by atoms with Gasteiger partial charge in [-0.25, -0.2) is 0 Å². The molecule has 0 unspecified atom stereocenters. The SMILES string of the molecule is Cc1cccc(-n2c(C)cc(=O)c(C(=O)Nc3c(C)cccc3C)c2-c2ccccc2C)c1. The molecule has 0 aliphatic carbocycles. The molecule has 1 heterocycles. The van der Waals surface area contributed by atoms with Crippen molar-refractivity contribution in [1.29, 1.82) is 0 Å². The van der Waals surface area contributed by atoms with E-state index in [4.69, 9.17) is 0 Å². The van der Waals surface area contributed by atoms with Crippen LogP contribution in [0.25, 0.3) is 16.9 Å². The molecule has 0 atom stereocenters. The summed E-state index contributed by atoms with van der Waals surface area (Å²) in [6.45, 7) is 9.83. The lowest BCUT2D eigenvalue weighted by Gasteiger charge is -2.22. The summed E-state index contributed by atoms with van der Waals surface area (Å²) in [4.78, 5) is 27.0. The van der Waals surface area contributed by atoms with Gasteiger partial charge in [-0.1, -0.05) is 54.6 Å². The summed E-state index contributed by atoms with van der Waals surface area (Å²) in [6.07, 6.45) is 0. The van der Waals surface area contributed by atoms with Crippen molar-refractivity contribution in [2.24, 2.45) is 0 Å². The minimum atomic E-state index is -0.406. The van der Waals surface area contributed by atoms with E-state index >= 15 is 0 Å². The zero-order valence-electron chi connectivity index (χ0n) is 19.7. The van der Waals surface area contributed by atoms with Gasteiger partial charge >= 0.3 is 0 Å². The van der Waals surface area contributed by atoms with Gasteiger partial charge in [-0.05, 0) is 69.0 Å². The lowest BCUT2D eigenvalue weighted by molar-refractivity contribution is 0.102. The van der Waals surface area contributed by atoms with Gasteiger partial charge in [0.15, 0.2) is 5.43 Å². The lowest BCUT2D eigenvalue weighted by atomic mass is 9.98. The van der Waals surface area contributed by atoms with Crippen molar-refractivity contribution in [3.63, 3.8) is 0 Å². The minimum absolute atomic E-state index is 0.138. The molecule has 0 aliphatic rings. The molecule has 1 N–H and O–H groups in total. The second kappa shape index (κ2) is 8.91. The molecule has 0 bridgehead atoms. The fourth-order valence-electron chi connectivity index (χ4n) is 4.33. The van der Waals surface area contributed by atoms with Crippen LogP contribution in [0.15, 0.2) is 77.6 Å². The highest BCUT2D eigenvalue weighted by atomic mass is 16.2. The zero-order valence-corrected chi connectivity index (χ0v) is 19.7. The summed E-state index contributed by atoms with van der Waals surface area (Å²) in [5.74, 6) is -0.406. The van der Waals surface area contributed by atoms with Gasteiger partial charge in [-0.2, -0.15) is 0 Å². The number of benzene rings is 3. The summed E-state index contributed by atoms with van der Waals surface area (Å²) in [6, 6.07) is 23.3. The van der Waals surface area contributed by atoms with E-state index in [1.165, 1.54) is 0 Å². The molecular weight excluding hydrogens is 408 g/mol. The van der Waals surface area contributed by atoms with E-state index in [-0.39, 0.29) is 11.0 Å². The van der Waals surface area contributed by atoms with Crippen LogP contribution in [0.2, 0.25) is 0 Å². The number of aromatic nitrogens is 1. The molecule has 1 amide bonds. The average molecular weight is 437 g/mol. The Labute approximate surface area is 194 Å². The molecule has 0 fully saturated rings. The molecule has 3 aromatic carbocycles. The van der Waals surface area contributed by atoms with Crippen LogP contribution in [-0.2, 0) is 0 Å². The van der Waals surface area contributed by atoms with Gasteiger partial charge in [-0.3, -0.25) is 9.59 Å². The Hall–Kier alpha value is -3.92. The molecule has 0 saturated heterocycles. The van der Waals surface area contributed by atoms with E-state index in [0.717, 1.165) is 44.9 Å². The molecule has 4 nitrogen and oxygen atoms in total. The molecule has 4 rings (SSSR count). The topological polar surface area (TPSA) is 51.1 Å². The Morgan fingerprint density at radius 3 is 2.06 bits per heavy atom. The normalized spacial score (nSPS) is 10.8. The number of hydrogen-bond acceptors (Lipinski definition) is 2. The van der Waals surface area contributed by atoms with Crippen LogP contribution in [-0.4, -0.2) is 10.5 Å². The third-order valence-electron chi connectivity index (χ3n) is 6.01. The third kappa shape index (κ3) is 4.24. The van der Waals surface area contributed by atoms with E-state index in [0.29, 0.717) is 5.69 Å². The molecule has 0 saturated carbocycles. The average Bonchev–Trinajstić information content (AvgIpc) is 2.76. The van der Waals surface area contributed by atoms with Crippen LogP contribution in [0.3, 0.4) is 0 Å². The molecule has 33 heavy (non-hydrogen) atoms. The largest absolute Gasteiger partial charge is 0.321 e. The summed E-state index contributed by atoms with van der Waals surface area (Å²) in [5, 5.41) is 3.02. The maximum absolute atomic E-state index is 13.7. The number of anilines is 1. The molecular formula is C29H28N2O2. The second-order valence-electron chi connectivity index (χ2n) is 8.58. The van der Waals surface area contributed by atoms with E-state index in [2.05, 4.69) is 11.4 Å². The Kier molecular flexibility index (Phi) is 6.01. The Morgan fingerprint density at radius 2 is 1.39 bits per heavy atom. The number of rotatable bonds is 4. The van der Waals surface area contributed by atoms with Gasteiger partial charge < -0.3 is 9.88 Å². The number of nitrogens with zero attached hydrogens (tertiary/aromatic N) is 1. The number of amides is 1. The number of aryl methyl sites for hydroxylation is 5. The van der Waals surface area contributed by atoms with Crippen molar-refractivity contribution in [2.75, 3.05) is 5.32 Å². The van der Waals surface area contributed by atoms with E-state index < -0.39 is 5.91 Å². The predicted molar refractivity (Wildman–Crippen MR) is 136 cm³/mol. The maximum atomic E-state index is 13.7. The monoisotopic (exact) mass is 436 g/mol. The van der Waals surface area contributed by atoms with Crippen LogP contribution < -0.4 is 10.7 Å².